The van der Waals surface area contributed by atoms with Gasteiger partial charge in [-0.05, 0) is 37.4 Å². The summed E-state index contributed by atoms with van der Waals surface area (Å²) >= 11 is 0. The summed E-state index contributed by atoms with van der Waals surface area (Å²) in [4.78, 5) is 4.11. The third-order valence-corrected chi connectivity index (χ3v) is 4.26. The summed E-state index contributed by atoms with van der Waals surface area (Å²) in [6.07, 6.45) is 7.49. The number of hydrogen-bond donors (Lipinski definition) is 1. The molecule has 0 radical (unpaired) electrons. The van der Waals surface area contributed by atoms with Gasteiger partial charge >= 0.3 is 0 Å². The van der Waals surface area contributed by atoms with E-state index in [0.29, 0.717) is 12.7 Å². The molecule has 0 unspecified atom stereocenters. The molecule has 4 heteroatoms. The molecule has 19 heavy (non-hydrogen) atoms. The molecule has 1 aromatic heterocycles. The molecular weight excluding hydrogens is 240 g/mol. The van der Waals surface area contributed by atoms with Crippen LogP contribution in [0.2, 0.25) is 0 Å². The van der Waals surface area contributed by atoms with Crippen molar-refractivity contribution in [2.75, 3.05) is 26.3 Å². The Bertz CT molecular complexity index is 384. The molecule has 0 bridgehead atoms. The Labute approximate surface area is 114 Å². The van der Waals surface area contributed by atoms with Gasteiger partial charge in [0.15, 0.2) is 0 Å². The van der Waals surface area contributed by atoms with Crippen LogP contribution in [-0.2, 0) is 16.1 Å². The third kappa shape index (κ3) is 2.96. The highest BCUT2D eigenvalue weighted by atomic mass is 16.5. The SMILES string of the molecule is c1cncc(COC[C@]23CCCO[C@@H]2CCNC3)c1. The van der Waals surface area contributed by atoms with E-state index in [9.17, 15) is 0 Å². The number of pyridine rings is 1. The summed E-state index contributed by atoms with van der Waals surface area (Å²) in [6.45, 7) is 4.41. The second-order valence-electron chi connectivity index (χ2n) is 5.64. The van der Waals surface area contributed by atoms with Crippen LogP contribution in [0.25, 0.3) is 0 Å². The predicted octanol–water partition coefficient (Wildman–Crippen LogP) is 1.76. The Hall–Kier alpha value is -0.970. The van der Waals surface area contributed by atoms with Gasteiger partial charge < -0.3 is 14.8 Å². The Morgan fingerprint density at radius 2 is 2.53 bits per heavy atom. The Morgan fingerprint density at radius 1 is 1.53 bits per heavy atom. The van der Waals surface area contributed by atoms with Crippen LogP contribution in [0.1, 0.15) is 24.8 Å². The number of rotatable bonds is 4. The summed E-state index contributed by atoms with van der Waals surface area (Å²) in [6, 6.07) is 4.00. The summed E-state index contributed by atoms with van der Waals surface area (Å²) in [7, 11) is 0. The molecule has 0 saturated carbocycles. The molecule has 1 N–H and O–H groups in total. The van der Waals surface area contributed by atoms with E-state index >= 15 is 0 Å². The first-order chi connectivity index (χ1) is 9.39. The second kappa shape index (κ2) is 5.99. The molecule has 2 saturated heterocycles. The number of nitrogens with zero attached hydrogens (tertiary/aromatic N) is 1. The van der Waals surface area contributed by atoms with Crippen molar-refractivity contribution in [3.63, 3.8) is 0 Å². The minimum atomic E-state index is 0.179. The van der Waals surface area contributed by atoms with Crippen LogP contribution in [0.3, 0.4) is 0 Å². The molecule has 0 spiro atoms. The molecule has 1 aromatic rings. The fraction of sp³-hybridized carbons (Fsp3) is 0.667. The summed E-state index contributed by atoms with van der Waals surface area (Å²) in [5, 5.41) is 3.50. The minimum absolute atomic E-state index is 0.179. The largest absolute Gasteiger partial charge is 0.377 e. The lowest BCUT2D eigenvalue weighted by Crippen LogP contribution is -2.55. The highest BCUT2D eigenvalue weighted by Gasteiger charge is 2.43. The second-order valence-corrected chi connectivity index (χ2v) is 5.64. The van der Waals surface area contributed by atoms with Crippen molar-refractivity contribution in [2.45, 2.75) is 32.0 Å². The molecule has 0 aromatic carbocycles. The van der Waals surface area contributed by atoms with Crippen LogP contribution in [0.15, 0.2) is 24.5 Å². The van der Waals surface area contributed by atoms with E-state index in [2.05, 4.69) is 16.4 Å². The molecule has 3 heterocycles. The Kier molecular flexibility index (Phi) is 4.11. The van der Waals surface area contributed by atoms with Gasteiger partial charge in [-0.15, -0.1) is 0 Å². The van der Waals surface area contributed by atoms with Crippen molar-refractivity contribution in [1.82, 2.24) is 10.3 Å². The number of hydrogen-bond acceptors (Lipinski definition) is 4. The first-order valence-electron chi connectivity index (χ1n) is 7.18. The van der Waals surface area contributed by atoms with Gasteiger partial charge in [0.2, 0.25) is 0 Å². The smallest absolute Gasteiger partial charge is 0.0732 e. The zero-order valence-corrected chi connectivity index (χ0v) is 11.3. The van der Waals surface area contributed by atoms with Gasteiger partial charge in [0.25, 0.3) is 0 Å². The van der Waals surface area contributed by atoms with Crippen molar-refractivity contribution in [1.29, 1.82) is 0 Å². The van der Waals surface area contributed by atoms with E-state index in [4.69, 9.17) is 9.47 Å². The van der Waals surface area contributed by atoms with E-state index in [1.54, 1.807) is 6.20 Å². The number of nitrogens with one attached hydrogen (secondary N) is 1. The lowest BCUT2D eigenvalue weighted by molar-refractivity contribution is -0.132. The van der Waals surface area contributed by atoms with E-state index in [1.807, 2.05) is 12.3 Å². The maximum Gasteiger partial charge on any atom is 0.0732 e. The fourth-order valence-electron chi connectivity index (χ4n) is 3.22. The number of piperidine rings is 1. The van der Waals surface area contributed by atoms with Gasteiger partial charge in [0.1, 0.15) is 0 Å². The van der Waals surface area contributed by atoms with Crippen LogP contribution in [0, 0.1) is 5.41 Å². The molecule has 2 fully saturated rings. The highest BCUT2D eigenvalue weighted by molar-refractivity contribution is 5.07. The monoisotopic (exact) mass is 262 g/mol. The molecule has 104 valence electrons. The minimum Gasteiger partial charge on any atom is -0.377 e. The third-order valence-electron chi connectivity index (χ3n) is 4.26. The van der Waals surface area contributed by atoms with E-state index in [0.717, 1.165) is 44.7 Å². The van der Waals surface area contributed by atoms with Crippen molar-refractivity contribution in [2.24, 2.45) is 5.41 Å². The van der Waals surface area contributed by atoms with Crippen LogP contribution in [0.4, 0.5) is 0 Å². The van der Waals surface area contributed by atoms with Crippen LogP contribution in [-0.4, -0.2) is 37.4 Å². The quantitative estimate of drug-likeness (QED) is 0.898. The lowest BCUT2D eigenvalue weighted by atomic mass is 9.73. The van der Waals surface area contributed by atoms with Gasteiger partial charge in [-0.25, -0.2) is 0 Å². The summed E-state index contributed by atoms with van der Waals surface area (Å²) in [5.74, 6) is 0. The Morgan fingerprint density at radius 3 is 3.42 bits per heavy atom. The maximum absolute atomic E-state index is 5.96. The van der Waals surface area contributed by atoms with Gasteiger partial charge in [-0.3, -0.25) is 4.98 Å². The lowest BCUT2D eigenvalue weighted by Gasteiger charge is -2.47. The molecule has 3 rings (SSSR count). The normalized spacial score (nSPS) is 30.8. The van der Waals surface area contributed by atoms with Crippen molar-refractivity contribution < 1.29 is 9.47 Å². The van der Waals surface area contributed by atoms with Gasteiger partial charge in [-0.1, -0.05) is 6.07 Å². The molecule has 0 amide bonds. The molecular formula is C15H22N2O2. The first kappa shape index (κ1) is 13.0. The van der Waals surface area contributed by atoms with Crippen LogP contribution >= 0.6 is 0 Å². The molecule has 0 aliphatic carbocycles. The van der Waals surface area contributed by atoms with Crippen molar-refractivity contribution in [3.05, 3.63) is 30.1 Å². The highest BCUT2D eigenvalue weighted by Crippen LogP contribution is 2.38. The van der Waals surface area contributed by atoms with Crippen molar-refractivity contribution in [3.8, 4) is 0 Å². The fourth-order valence-corrected chi connectivity index (χ4v) is 3.22. The van der Waals surface area contributed by atoms with E-state index in [1.165, 1.54) is 6.42 Å². The average Bonchev–Trinajstić information content (AvgIpc) is 2.48. The number of ether oxygens (including phenoxy) is 2. The summed E-state index contributed by atoms with van der Waals surface area (Å²) in [5.41, 5.74) is 1.31. The molecule has 4 nitrogen and oxygen atoms in total. The maximum atomic E-state index is 5.96. The van der Waals surface area contributed by atoms with Crippen LogP contribution in [0.5, 0.6) is 0 Å². The van der Waals surface area contributed by atoms with Crippen molar-refractivity contribution >= 4 is 0 Å². The topological polar surface area (TPSA) is 43.4 Å². The zero-order valence-electron chi connectivity index (χ0n) is 11.3. The van der Waals surface area contributed by atoms with Gasteiger partial charge in [0, 0.05) is 31.0 Å². The Balaban J connectivity index is 1.57. The molecule has 2 aliphatic rings. The van der Waals surface area contributed by atoms with E-state index < -0.39 is 0 Å². The standard InChI is InChI=1S/C15H22N2O2/c1-3-13(9-16-6-1)10-18-12-15-5-2-8-19-14(15)4-7-17-11-15/h1,3,6,9,14,17H,2,4-5,7-8,10-12H2/t14-,15-/m1/s1. The van der Waals surface area contributed by atoms with Crippen LogP contribution < -0.4 is 5.32 Å². The number of fused-ring (bicyclic) bond motifs is 1. The number of aromatic nitrogens is 1. The van der Waals surface area contributed by atoms with Gasteiger partial charge in [-0.2, -0.15) is 0 Å². The van der Waals surface area contributed by atoms with Gasteiger partial charge in [0.05, 0.1) is 19.3 Å². The zero-order chi connectivity index (χ0) is 13.0. The summed E-state index contributed by atoms with van der Waals surface area (Å²) < 4.78 is 11.9. The predicted molar refractivity (Wildman–Crippen MR) is 72.8 cm³/mol. The molecule has 2 atom stereocenters. The average molecular weight is 262 g/mol. The molecule has 2 aliphatic heterocycles. The van der Waals surface area contributed by atoms with E-state index in [-0.39, 0.29) is 5.41 Å². The first-order valence-corrected chi connectivity index (χ1v) is 7.18.